The second kappa shape index (κ2) is 5.01. The second-order valence-electron chi connectivity index (χ2n) is 3.31. The van der Waals surface area contributed by atoms with Gasteiger partial charge < -0.3 is 11.1 Å². The van der Waals surface area contributed by atoms with Gasteiger partial charge in [-0.05, 0) is 24.6 Å². The van der Waals surface area contributed by atoms with Gasteiger partial charge in [-0.2, -0.15) is 5.26 Å². The quantitative estimate of drug-likeness (QED) is 0.720. The standard InChI is InChI=1S/C11H13N3O/c1-8(6-12)11(15)14-7-9-2-4-10(13)5-3-9/h2-5,8H,7,13H2,1H3,(H,14,15). The summed E-state index contributed by atoms with van der Waals surface area (Å²) in [4.78, 5) is 11.3. The average molecular weight is 203 g/mol. The first kappa shape index (κ1) is 11.1. The maximum atomic E-state index is 11.3. The highest BCUT2D eigenvalue weighted by atomic mass is 16.1. The van der Waals surface area contributed by atoms with Crippen LogP contribution in [0.4, 0.5) is 5.69 Å². The summed E-state index contributed by atoms with van der Waals surface area (Å²) in [6.45, 7) is 1.99. The Bertz CT molecular complexity index is 378. The number of nitrogens with two attached hydrogens (primary N) is 1. The Labute approximate surface area is 88.7 Å². The maximum Gasteiger partial charge on any atom is 0.237 e. The molecular weight excluding hydrogens is 190 g/mol. The molecule has 0 aliphatic rings. The topological polar surface area (TPSA) is 78.9 Å². The predicted molar refractivity (Wildman–Crippen MR) is 57.5 cm³/mol. The first-order chi connectivity index (χ1) is 7.13. The number of carbonyl (C=O) groups is 1. The number of nitrogen functional groups attached to an aromatic ring is 1. The molecule has 3 N–H and O–H groups in total. The third-order valence-electron chi connectivity index (χ3n) is 2.03. The Hall–Kier alpha value is -2.02. The van der Waals surface area contributed by atoms with E-state index in [1.807, 2.05) is 18.2 Å². The first-order valence-electron chi connectivity index (χ1n) is 4.65. The van der Waals surface area contributed by atoms with Crippen LogP contribution >= 0.6 is 0 Å². The predicted octanol–water partition coefficient (Wildman–Crippen LogP) is 1.04. The van der Waals surface area contributed by atoms with Gasteiger partial charge in [0.05, 0.1) is 6.07 Å². The summed E-state index contributed by atoms with van der Waals surface area (Å²) in [5.74, 6) is -0.867. The highest BCUT2D eigenvalue weighted by Gasteiger charge is 2.10. The average Bonchev–Trinajstić information content (AvgIpc) is 2.26. The van der Waals surface area contributed by atoms with Gasteiger partial charge in [-0.1, -0.05) is 12.1 Å². The molecule has 0 heterocycles. The molecule has 1 atom stereocenters. The number of hydrogen-bond acceptors (Lipinski definition) is 3. The third kappa shape index (κ3) is 3.31. The van der Waals surface area contributed by atoms with Crippen molar-refractivity contribution in [3.8, 4) is 6.07 Å². The van der Waals surface area contributed by atoms with Gasteiger partial charge in [-0.15, -0.1) is 0 Å². The molecule has 1 aromatic rings. The largest absolute Gasteiger partial charge is 0.399 e. The van der Waals surface area contributed by atoms with E-state index < -0.39 is 5.92 Å². The smallest absolute Gasteiger partial charge is 0.237 e. The fraction of sp³-hybridized carbons (Fsp3) is 0.273. The Morgan fingerprint density at radius 3 is 2.67 bits per heavy atom. The van der Waals surface area contributed by atoms with Crippen LogP contribution in [0.5, 0.6) is 0 Å². The number of amides is 1. The lowest BCUT2D eigenvalue weighted by atomic mass is 10.1. The van der Waals surface area contributed by atoms with E-state index in [4.69, 9.17) is 11.0 Å². The molecule has 15 heavy (non-hydrogen) atoms. The van der Waals surface area contributed by atoms with Crippen LogP contribution in [0.2, 0.25) is 0 Å². The lowest BCUT2D eigenvalue weighted by Crippen LogP contribution is -2.27. The van der Waals surface area contributed by atoms with Gasteiger partial charge >= 0.3 is 0 Å². The van der Waals surface area contributed by atoms with Crippen molar-refractivity contribution >= 4 is 11.6 Å². The molecular formula is C11H13N3O. The molecule has 4 heteroatoms. The molecule has 0 bridgehead atoms. The highest BCUT2D eigenvalue weighted by molar-refractivity contribution is 5.80. The van der Waals surface area contributed by atoms with Crippen molar-refractivity contribution in [1.29, 1.82) is 5.26 Å². The van der Waals surface area contributed by atoms with Crippen LogP contribution in [0.25, 0.3) is 0 Å². The van der Waals surface area contributed by atoms with Crippen LogP contribution in [0.1, 0.15) is 12.5 Å². The van der Waals surface area contributed by atoms with Crippen molar-refractivity contribution in [2.75, 3.05) is 5.73 Å². The minimum Gasteiger partial charge on any atom is -0.399 e. The molecule has 1 unspecified atom stereocenters. The van der Waals surface area contributed by atoms with Crippen LogP contribution in [0, 0.1) is 17.2 Å². The van der Waals surface area contributed by atoms with E-state index in [0.29, 0.717) is 12.2 Å². The Morgan fingerprint density at radius 1 is 1.53 bits per heavy atom. The van der Waals surface area contributed by atoms with E-state index in [2.05, 4.69) is 5.32 Å². The van der Waals surface area contributed by atoms with E-state index in [9.17, 15) is 4.79 Å². The van der Waals surface area contributed by atoms with Crippen molar-refractivity contribution < 1.29 is 4.79 Å². The van der Waals surface area contributed by atoms with Gasteiger partial charge in [-0.3, -0.25) is 4.79 Å². The SMILES string of the molecule is CC(C#N)C(=O)NCc1ccc(N)cc1. The summed E-state index contributed by atoms with van der Waals surface area (Å²) >= 11 is 0. The van der Waals surface area contributed by atoms with Gasteiger partial charge in [0.1, 0.15) is 5.92 Å². The zero-order valence-corrected chi connectivity index (χ0v) is 8.53. The minimum atomic E-state index is -0.612. The number of hydrogen-bond donors (Lipinski definition) is 2. The summed E-state index contributed by atoms with van der Waals surface area (Å²) in [7, 11) is 0. The summed E-state index contributed by atoms with van der Waals surface area (Å²) in [5.41, 5.74) is 7.17. The van der Waals surface area contributed by atoms with Crippen LogP contribution in [0.3, 0.4) is 0 Å². The molecule has 0 spiro atoms. The van der Waals surface area contributed by atoms with Crippen LogP contribution < -0.4 is 11.1 Å². The number of nitriles is 1. The van der Waals surface area contributed by atoms with Crippen LogP contribution in [-0.2, 0) is 11.3 Å². The number of nitrogens with zero attached hydrogens (tertiary/aromatic N) is 1. The van der Waals surface area contributed by atoms with E-state index in [1.54, 1.807) is 19.1 Å². The maximum absolute atomic E-state index is 11.3. The molecule has 1 amide bonds. The molecule has 1 aromatic carbocycles. The second-order valence-corrected chi connectivity index (χ2v) is 3.31. The molecule has 0 aromatic heterocycles. The summed E-state index contributed by atoms with van der Waals surface area (Å²) in [6, 6.07) is 9.10. The van der Waals surface area contributed by atoms with Crippen LogP contribution in [-0.4, -0.2) is 5.91 Å². The number of benzene rings is 1. The zero-order valence-electron chi connectivity index (χ0n) is 8.53. The molecule has 0 saturated carbocycles. The van der Waals surface area contributed by atoms with Crippen molar-refractivity contribution in [3.05, 3.63) is 29.8 Å². The highest BCUT2D eigenvalue weighted by Crippen LogP contribution is 2.05. The summed E-state index contributed by atoms with van der Waals surface area (Å²) < 4.78 is 0. The minimum absolute atomic E-state index is 0.255. The number of rotatable bonds is 3. The van der Waals surface area contributed by atoms with Gasteiger partial charge in [0.25, 0.3) is 0 Å². The molecule has 4 nitrogen and oxygen atoms in total. The molecule has 1 rings (SSSR count). The Kier molecular flexibility index (Phi) is 3.69. The monoisotopic (exact) mass is 203 g/mol. The molecule has 0 aliphatic carbocycles. The Morgan fingerprint density at radius 2 is 2.13 bits per heavy atom. The fourth-order valence-electron chi connectivity index (χ4n) is 1.04. The van der Waals surface area contributed by atoms with E-state index in [1.165, 1.54) is 0 Å². The van der Waals surface area contributed by atoms with Gasteiger partial charge in [-0.25, -0.2) is 0 Å². The lowest BCUT2D eigenvalue weighted by Gasteiger charge is -2.06. The molecule has 0 fully saturated rings. The lowest BCUT2D eigenvalue weighted by molar-refractivity contribution is -0.123. The molecule has 0 saturated heterocycles. The van der Waals surface area contributed by atoms with E-state index >= 15 is 0 Å². The molecule has 0 aliphatic heterocycles. The van der Waals surface area contributed by atoms with Gasteiger partial charge in [0, 0.05) is 12.2 Å². The first-order valence-corrected chi connectivity index (χ1v) is 4.65. The number of anilines is 1. The molecule has 0 radical (unpaired) electrons. The number of carbonyl (C=O) groups excluding carboxylic acids is 1. The number of nitrogens with one attached hydrogen (secondary N) is 1. The normalized spacial score (nSPS) is 11.5. The van der Waals surface area contributed by atoms with Crippen molar-refractivity contribution in [2.24, 2.45) is 5.92 Å². The summed E-state index contributed by atoms with van der Waals surface area (Å²) in [5, 5.41) is 11.2. The summed E-state index contributed by atoms with van der Waals surface area (Å²) in [6.07, 6.45) is 0. The van der Waals surface area contributed by atoms with E-state index in [-0.39, 0.29) is 5.91 Å². The fourth-order valence-corrected chi connectivity index (χ4v) is 1.04. The van der Waals surface area contributed by atoms with Crippen molar-refractivity contribution in [1.82, 2.24) is 5.32 Å². The van der Waals surface area contributed by atoms with Crippen LogP contribution in [0.15, 0.2) is 24.3 Å². The van der Waals surface area contributed by atoms with Crippen molar-refractivity contribution in [2.45, 2.75) is 13.5 Å². The zero-order chi connectivity index (χ0) is 11.3. The Balaban J connectivity index is 2.48. The van der Waals surface area contributed by atoms with Gasteiger partial charge in [0.2, 0.25) is 5.91 Å². The van der Waals surface area contributed by atoms with Gasteiger partial charge in [0.15, 0.2) is 0 Å². The van der Waals surface area contributed by atoms with Crippen molar-refractivity contribution in [3.63, 3.8) is 0 Å². The molecule has 78 valence electrons. The third-order valence-corrected chi connectivity index (χ3v) is 2.03. The van der Waals surface area contributed by atoms with E-state index in [0.717, 1.165) is 5.56 Å².